The van der Waals surface area contributed by atoms with E-state index in [1.807, 2.05) is 38.5 Å². The van der Waals surface area contributed by atoms with E-state index in [2.05, 4.69) is 20.5 Å². The Morgan fingerprint density at radius 2 is 2.05 bits per heavy atom. The Morgan fingerprint density at radius 3 is 2.68 bits per heavy atom. The standard InChI is InChI=1S/C15H23N5O2/c1-5-12-16-7-9-20(12)8-6-13(21)17-11(4)15-19-18-14(22-15)10(2)3/h7,9-11H,5-6,8H2,1-4H3,(H,17,21)/t11-/m1/s1. The molecule has 0 fully saturated rings. The second-order valence-electron chi connectivity index (χ2n) is 5.56. The number of nitrogens with one attached hydrogen (secondary N) is 1. The Morgan fingerprint density at radius 1 is 1.32 bits per heavy atom. The number of carbonyl (C=O) groups excluding carboxylic acids is 1. The van der Waals surface area contributed by atoms with E-state index in [9.17, 15) is 4.79 Å². The largest absolute Gasteiger partial charge is 0.423 e. The SMILES string of the molecule is CCc1nccn1CCC(=O)N[C@H](C)c1nnc(C(C)C)o1. The maximum Gasteiger partial charge on any atom is 0.238 e. The number of hydrogen-bond acceptors (Lipinski definition) is 5. The molecule has 1 amide bonds. The molecule has 0 aliphatic carbocycles. The normalized spacial score (nSPS) is 12.6. The van der Waals surface area contributed by atoms with Crippen LogP contribution >= 0.6 is 0 Å². The van der Waals surface area contributed by atoms with Crippen LogP contribution in [-0.4, -0.2) is 25.7 Å². The third-order valence-electron chi connectivity index (χ3n) is 3.40. The maximum atomic E-state index is 12.0. The number of imidazole rings is 1. The first-order valence-corrected chi connectivity index (χ1v) is 7.64. The van der Waals surface area contributed by atoms with Gasteiger partial charge in [0.1, 0.15) is 11.9 Å². The smallest absolute Gasteiger partial charge is 0.238 e. The van der Waals surface area contributed by atoms with Crippen molar-refractivity contribution in [3.05, 3.63) is 30.0 Å². The average Bonchev–Trinajstić information content (AvgIpc) is 3.13. The summed E-state index contributed by atoms with van der Waals surface area (Å²) in [6.45, 7) is 8.46. The first-order valence-electron chi connectivity index (χ1n) is 7.64. The van der Waals surface area contributed by atoms with E-state index < -0.39 is 0 Å². The van der Waals surface area contributed by atoms with Gasteiger partial charge in [0.15, 0.2) is 0 Å². The second kappa shape index (κ2) is 7.20. The molecule has 2 heterocycles. The molecule has 0 aliphatic rings. The second-order valence-corrected chi connectivity index (χ2v) is 5.56. The minimum atomic E-state index is -0.291. The van der Waals surface area contributed by atoms with Crippen LogP contribution < -0.4 is 5.32 Å². The molecule has 2 aromatic heterocycles. The zero-order valence-electron chi connectivity index (χ0n) is 13.5. The summed E-state index contributed by atoms with van der Waals surface area (Å²) in [5.41, 5.74) is 0. The molecule has 0 saturated heterocycles. The van der Waals surface area contributed by atoms with Crippen molar-refractivity contribution in [2.75, 3.05) is 0 Å². The van der Waals surface area contributed by atoms with Gasteiger partial charge in [-0.25, -0.2) is 4.98 Å². The molecule has 7 heteroatoms. The lowest BCUT2D eigenvalue weighted by Gasteiger charge is -2.11. The highest BCUT2D eigenvalue weighted by Gasteiger charge is 2.17. The zero-order chi connectivity index (χ0) is 16.1. The predicted octanol–water partition coefficient (Wildman–Crippen LogP) is 2.22. The fourth-order valence-electron chi connectivity index (χ4n) is 2.11. The molecule has 0 aromatic carbocycles. The molecule has 0 saturated carbocycles. The van der Waals surface area contributed by atoms with E-state index in [0.717, 1.165) is 12.2 Å². The first kappa shape index (κ1) is 16.2. The molecule has 120 valence electrons. The molecule has 0 spiro atoms. The molecular formula is C15H23N5O2. The van der Waals surface area contributed by atoms with Crippen molar-refractivity contribution < 1.29 is 9.21 Å². The van der Waals surface area contributed by atoms with Gasteiger partial charge < -0.3 is 14.3 Å². The van der Waals surface area contributed by atoms with E-state index in [1.165, 1.54) is 0 Å². The molecule has 1 N–H and O–H groups in total. The summed E-state index contributed by atoms with van der Waals surface area (Å²) < 4.78 is 7.54. The highest BCUT2D eigenvalue weighted by molar-refractivity contribution is 5.76. The van der Waals surface area contributed by atoms with Crippen molar-refractivity contribution in [1.82, 2.24) is 25.1 Å². The number of aryl methyl sites for hydroxylation is 2. The number of nitrogens with zero attached hydrogens (tertiary/aromatic N) is 4. The van der Waals surface area contributed by atoms with Crippen molar-refractivity contribution >= 4 is 5.91 Å². The zero-order valence-corrected chi connectivity index (χ0v) is 13.5. The molecule has 0 radical (unpaired) electrons. The van der Waals surface area contributed by atoms with Crippen LogP contribution in [-0.2, 0) is 17.8 Å². The number of amides is 1. The van der Waals surface area contributed by atoms with E-state index in [1.54, 1.807) is 6.20 Å². The summed E-state index contributed by atoms with van der Waals surface area (Å²) in [6.07, 6.45) is 4.89. The van der Waals surface area contributed by atoms with Crippen LogP contribution in [0.15, 0.2) is 16.8 Å². The molecule has 2 aromatic rings. The highest BCUT2D eigenvalue weighted by atomic mass is 16.4. The fraction of sp³-hybridized carbons (Fsp3) is 0.600. The minimum absolute atomic E-state index is 0.0486. The molecule has 0 bridgehead atoms. The van der Waals surface area contributed by atoms with Gasteiger partial charge in [-0.3, -0.25) is 4.79 Å². The van der Waals surface area contributed by atoms with Crippen LogP contribution in [0.1, 0.15) is 63.7 Å². The number of carbonyl (C=O) groups is 1. The number of rotatable bonds is 7. The Hall–Kier alpha value is -2.18. The van der Waals surface area contributed by atoms with Gasteiger partial charge in [0.2, 0.25) is 17.7 Å². The topological polar surface area (TPSA) is 85.8 Å². The number of aromatic nitrogens is 4. The van der Waals surface area contributed by atoms with Crippen LogP contribution in [0.5, 0.6) is 0 Å². The van der Waals surface area contributed by atoms with Gasteiger partial charge in [-0.2, -0.15) is 0 Å². The van der Waals surface area contributed by atoms with Gasteiger partial charge >= 0.3 is 0 Å². The Bertz CT molecular complexity index is 617. The van der Waals surface area contributed by atoms with Crippen molar-refractivity contribution in [3.8, 4) is 0 Å². The van der Waals surface area contributed by atoms with Crippen LogP contribution in [0.3, 0.4) is 0 Å². The van der Waals surface area contributed by atoms with Gasteiger partial charge in [0, 0.05) is 37.7 Å². The monoisotopic (exact) mass is 305 g/mol. The van der Waals surface area contributed by atoms with Crippen LogP contribution in [0.25, 0.3) is 0 Å². The minimum Gasteiger partial charge on any atom is -0.423 e. The highest BCUT2D eigenvalue weighted by Crippen LogP contribution is 2.16. The van der Waals surface area contributed by atoms with Crippen molar-refractivity contribution in [2.45, 2.75) is 59.0 Å². The maximum absolute atomic E-state index is 12.0. The van der Waals surface area contributed by atoms with Crippen molar-refractivity contribution in [3.63, 3.8) is 0 Å². The van der Waals surface area contributed by atoms with Crippen LogP contribution in [0.4, 0.5) is 0 Å². The molecule has 1 atom stereocenters. The van der Waals surface area contributed by atoms with Crippen molar-refractivity contribution in [1.29, 1.82) is 0 Å². The van der Waals surface area contributed by atoms with E-state index in [0.29, 0.717) is 24.7 Å². The average molecular weight is 305 g/mol. The third kappa shape index (κ3) is 3.93. The molecule has 0 aliphatic heterocycles. The Kier molecular flexibility index (Phi) is 5.30. The molecular weight excluding hydrogens is 282 g/mol. The lowest BCUT2D eigenvalue weighted by molar-refractivity contribution is -0.122. The summed E-state index contributed by atoms with van der Waals surface area (Å²) in [5.74, 6) is 2.14. The quantitative estimate of drug-likeness (QED) is 0.847. The van der Waals surface area contributed by atoms with Gasteiger partial charge in [0.05, 0.1) is 0 Å². The van der Waals surface area contributed by atoms with Gasteiger partial charge in [-0.15, -0.1) is 10.2 Å². The van der Waals surface area contributed by atoms with Crippen LogP contribution in [0.2, 0.25) is 0 Å². The summed E-state index contributed by atoms with van der Waals surface area (Å²) in [5, 5.41) is 10.8. The van der Waals surface area contributed by atoms with Crippen LogP contribution in [0, 0.1) is 0 Å². The molecule has 7 nitrogen and oxygen atoms in total. The molecule has 0 unspecified atom stereocenters. The molecule has 22 heavy (non-hydrogen) atoms. The van der Waals surface area contributed by atoms with Gasteiger partial charge in [-0.1, -0.05) is 20.8 Å². The predicted molar refractivity (Wildman–Crippen MR) is 81.2 cm³/mol. The number of hydrogen-bond donors (Lipinski definition) is 1. The van der Waals surface area contributed by atoms with E-state index in [4.69, 9.17) is 4.42 Å². The van der Waals surface area contributed by atoms with E-state index >= 15 is 0 Å². The lowest BCUT2D eigenvalue weighted by atomic mass is 10.2. The summed E-state index contributed by atoms with van der Waals surface area (Å²) >= 11 is 0. The first-order chi connectivity index (χ1) is 10.5. The Labute approximate surface area is 130 Å². The lowest BCUT2D eigenvalue weighted by Crippen LogP contribution is -2.27. The Balaban J connectivity index is 1.85. The van der Waals surface area contributed by atoms with E-state index in [-0.39, 0.29) is 17.9 Å². The summed E-state index contributed by atoms with van der Waals surface area (Å²) in [7, 11) is 0. The van der Waals surface area contributed by atoms with Gasteiger partial charge in [0.25, 0.3) is 0 Å². The van der Waals surface area contributed by atoms with Gasteiger partial charge in [-0.05, 0) is 6.92 Å². The fourth-order valence-corrected chi connectivity index (χ4v) is 2.11. The summed E-state index contributed by atoms with van der Waals surface area (Å²) in [4.78, 5) is 16.3. The third-order valence-corrected chi connectivity index (χ3v) is 3.40. The molecule has 2 rings (SSSR count). The summed E-state index contributed by atoms with van der Waals surface area (Å²) in [6, 6.07) is -0.291. The van der Waals surface area contributed by atoms with Crippen molar-refractivity contribution in [2.24, 2.45) is 0 Å².